The zero-order valence-corrected chi connectivity index (χ0v) is 12.6. The number of aromatic nitrogens is 2. The average molecular weight is 355 g/mol. The maximum atomic E-state index is 11.4. The number of carboxylic acids is 1. The first kappa shape index (κ1) is 14.8. The lowest BCUT2D eigenvalue weighted by Crippen LogP contribution is -2.20. The lowest BCUT2D eigenvalue weighted by atomic mass is 10.1. The smallest absolute Gasteiger partial charge is 0.317 e. The summed E-state index contributed by atoms with van der Waals surface area (Å²) < 4.78 is 0.254. The lowest BCUT2D eigenvalue weighted by Gasteiger charge is -2.12. The molecule has 1 unspecified atom stereocenters. The standard InChI is InChI=1S/C13H11BrN2O3S/c14-10-11(17)15-7-16-12(10)20-9(13(18)19)6-8-4-2-1-3-5-8/h1-5,7,9H,6H2,(H,18,19)(H,15,16,17). The Labute approximate surface area is 127 Å². The van der Waals surface area contributed by atoms with Gasteiger partial charge in [-0.1, -0.05) is 42.1 Å². The zero-order valence-electron chi connectivity index (χ0n) is 10.2. The maximum Gasteiger partial charge on any atom is 0.317 e. The number of H-pyrrole nitrogens is 1. The second-order valence-electron chi connectivity index (χ2n) is 3.99. The van der Waals surface area contributed by atoms with Crippen molar-refractivity contribution in [2.45, 2.75) is 16.7 Å². The van der Waals surface area contributed by atoms with Crippen LogP contribution < -0.4 is 5.56 Å². The third-order valence-electron chi connectivity index (χ3n) is 2.56. The summed E-state index contributed by atoms with van der Waals surface area (Å²) in [5.41, 5.74) is 0.597. The minimum Gasteiger partial charge on any atom is -0.480 e. The van der Waals surface area contributed by atoms with E-state index in [2.05, 4.69) is 25.9 Å². The first-order valence-electron chi connectivity index (χ1n) is 5.74. The monoisotopic (exact) mass is 354 g/mol. The summed E-state index contributed by atoms with van der Waals surface area (Å²) in [7, 11) is 0. The number of aromatic amines is 1. The van der Waals surface area contributed by atoms with Crippen LogP contribution >= 0.6 is 27.7 Å². The molecule has 0 spiro atoms. The van der Waals surface area contributed by atoms with Crippen LogP contribution in [0.25, 0.3) is 0 Å². The minimum atomic E-state index is -0.937. The Bertz CT molecular complexity index is 660. The highest BCUT2D eigenvalue weighted by atomic mass is 79.9. The van der Waals surface area contributed by atoms with Crippen molar-refractivity contribution in [1.29, 1.82) is 0 Å². The molecular weight excluding hydrogens is 344 g/mol. The Balaban J connectivity index is 2.20. The molecule has 2 N–H and O–H groups in total. The second-order valence-corrected chi connectivity index (χ2v) is 5.97. The van der Waals surface area contributed by atoms with Crippen LogP contribution in [0.5, 0.6) is 0 Å². The summed E-state index contributed by atoms with van der Waals surface area (Å²) in [4.78, 5) is 29.2. The molecule has 0 amide bonds. The van der Waals surface area contributed by atoms with E-state index in [-0.39, 0.29) is 10.0 Å². The van der Waals surface area contributed by atoms with Gasteiger partial charge in [-0.05, 0) is 27.9 Å². The van der Waals surface area contributed by atoms with E-state index in [0.29, 0.717) is 11.4 Å². The molecule has 0 aliphatic heterocycles. The van der Waals surface area contributed by atoms with Crippen molar-refractivity contribution >= 4 is 33.7 Å². The molecule has 2 aromatic rings. The van der Waals surface area contributed by atoms with Crippen molar-refractivity contribution in [3.05, 3.63) is 57.0 Å². The van der Waals surface area contributed by atoms with Gasteiger partial charge in [-0.15, -0.1) is 0 Å². The van der Waals surface area contributed by atoms with Gasteiger partial charge in [0.25, 0.3) is 5.56 Å². The van der Waals surface area contributed by atoms with Gasteiger partial charge < -0.3 is 10.1 Å². The summed E-state index contributed by atoms with van der Waals surface area (Å²) >= 11 is 4.18. The van der Waals surface area contributed by atoms with E-state index in [1.54, 1.807) is 0 Å². The molecule has 20 heavy (non-hydrogen) atoms. The van der Waals surface area contributed by atoms with Crippen LogP contribution in [0.3, 0.4) is 0 Å². The van der Waals surface area contributed by atoms with Crippen LogP contribution in [-0.4, -0.2) is 26.3 Å². The van der Waals surface area contributed by atoms with Crippen LogP contribution in [0.15, 0.2) is 51.0 Å². The number of nitrogens with one attached hydrogen (secondary N) is 1. The Morgan fingerprint density at radius 1 is 1.40 bits per heavy atom. The Morgan fingerprint density at radius 3 is 2.75 bits per heavy atom. The van der Waals surface area contributed by atoms with E-state index in [1.807, 2.05) is 30.3 Å². The van der Waals surface area contributed by atoms with Gasteiger partial charge in [0.15, 0.2) is 0 Å². The van der Waals surface area contributed by atoms with Crippen molar-refractivity contribution in [1.82, 2.24) is 9.97 Å². The molecule has 0 saturated heterocycles. The molecule has 7 heteroatoms. The topological polar surface area (TPSA) is 83.0 Å². The average Bonchev–Trinajstić information content (AvgIpc) is 2.44. The largest absolute Gasteiger partial charge is 0.480 e. The van der Waals surface area contributed by atoms with Gasteiger partial charge in [0, 0.05) is 0 Å². The molecule has 0 aliphatic carbocycles. The van der Waals surface area contributed by atoms with E-state index in [1.165, 1.54) is 6.33 Å². The van der Waals surface area contributed by atoms with Crippen molar-refractivity contribution < 1.29 is 9.90 Å². The van der Waals surface area contributed by atoms with Gasteiger partial charge in [0.1, 0.15) is 14.7 Å². The highest BCUT2D eigenvalue weighted by Gasteiger charge is 2.22. The molecular formula is C13H11BrN2O3S. The summed E-state index contributed by atoms with van der Waals surface area (Å²) in [6, 6.07) is 9.34. The van der Waals surface area contributed by atoms with Gasteiger partial charge in [0.05, 0.1) is 6.33 Å². The fourth-order valence-electron chi connectivity index (χ4n) is 1.59. The second kappa shape index (κ2) is 6.71. The number of rotatable bonds is 5. The molecule has 0 bridgehead atoms. The van der Waals surface area contributed by atoms with Crippen molar-refractivity contribution in [3.8, 4) is 0 Å². The molecule has 0 radical (unpaired) electrons. The minimum absolute atomic E-state index is 0.254. The predicted molar refractivity (Wildman–Crippen MR) is 80.0 cm³/mol. The van der Waals surface area contributed by atoms with Crippen LogP contribution in [-0.2, 0) is 11.2 Å². The number of benzene rings is 1. The fourth-order valence-corrected chi connectivity index (χ4v) is 3.04. The Morgan fingerprint density at radius 2 is 2.10 bits per heavy atom. The number of thioether (sulfide) groups is 1. The third kappa shape index (κ3) is 3.71. The molecule has 1 atom stereocenters. The quantitative estimate of drug-likeness (QED) is 0.635. The van der Waals surface area contributed by atoms with Crippen LogP contribution in [0.4, 0.5) is 0 Å². The van der Waals surface area contributed by atoms with E-state index in [0.717, 1.165) is 17.3 Å². The maximum absolute atomic E-state index is 11.4. The zero-order chi connectivity index (χ0) is 14.5. The number of aliphatic carboxylic acids is 1. The number of nitrogens with zero attached hydrogens (tertiary/aromatic N) is 1. The number of carbonyl (C=O) groups is 1. The van der Waals surface area contributed by atoms with Crippen LogP contribution in [0, 0.1) is 0 Å². The summed E-state index contributed by atoms with van der Waals surface area (Å²) in [5, 5.41) is 8.97. The van der Waals surface area contributed by atoms with Gasteiger partial charge >= 0.3 is 5.97 Å². The van der Waals surface area contributed by atoms with Gasteiger partial charge in [0.2, 0.25) is 0 Å². The highest BCUT2D eigenvalue weighted by Crippen LogP contribution is 2.28. The van der Waals surface area contributed by atoms with E-state index in [9.17, 15) is 14.7 Å². The summed E-state index contributed by atoms with van der Waals surface area (Å²) in [6.45, 7) is 0. The molecule has 5 nitrogen and oxygen atoms in total. The lowest BCUT2D eigenvalue weighted by molar-refractivity contribution is -0.136. The summed E-state index contributed by atoms with van der Waals surface area (Å²) in [6.07, 6.45) is 1.62. The fraction of sp³-hybridized carbons (Fsp3) is 0.154. The van der Waals surface area contributed by atoms with Crippen LogP contribution in [0.1, 0.15) is 5.56 Å². The first-order valence-corrected chi connectivity index (χ1v) is 7.41. The molecule has 2 rings (SSSR count). The van der Waals surface area contributed by atoms with Gasteiger partial charge in [-0.2, -0.15) is 0 Å². The van der Waals surface area contributed by atoms with Gasteiger partial charge in [-0.25, -0.2) is 4.98 Å². The van der Waals surface area contributed by atoms with Crippen molar-refractivity contribution in [2.75, 3.05) is 0 Å². The SMILES string of the molecule is O=C(O)C(Cc1ccccc1)Sc1nc[nH]c(=O)c1Br. The van der Waals surface area contributed by atoms with E-state index < -0.39 is 11.2 Å². The third-order valence-corrected chi connectivity index (χ3v) is 4.74. The molecule has 104 valence electrons. The molecule has 0 fully saturated rings. The van der Waals surface area contributed by atoms with Crippen molar-refractivity contribution in [2.24, 2.45) is 0 Å². The normalized spacial score (nSPS) is 12.1. The molecule has 0 saturated carbocycles. The number of hydrogen-bond acceptors (Lipinski definition) is 4. The number of halogens is 1. The first-order chi connectivity index (χ1) is 9.58. The van der Waals surface area contributed by atoms with E-state index >= 15 is 0 Å². The molecule has 0 aliphatic rings. The molecule has 1 aromatic heterocycles. The van der Waals surface area contributed by atoms with Crippen LogP contribution in [0.2, 0.25) is 0 Å². The van der Waals surface area contributed by atoms with E-state index in [4.69, 9.17) is 0 Å². The number of hydrogen-bond donors (Lipinski definition) is 2. The molecule has 1 aromatic carbocycles. The Hall–Kier alpha value is -1.60. The van der Waals surface area contributed by atoms with Crippen molar-refractivity contribution in [3.63, 3.8) is 0 Å². The highest BCUT2D eigenvalue weighted by molar-refractivity contribution is 9.10. The number of carboxylic acid groups (broad SMARTS) is 1. The molecule has 1 heterocycles. The Kier molecular flexibility index (Phi) is 4.97. The summed E-state index contributed by atoms with van der Waals surface area (Å²) in [5.74, 6) is -0.937. The van der Waals surface area contributed by atoms with Gasteiger partial charge in [-0.3, -0.25) is 9.59 Å². The predicted octanol–water partition coefficient (Wildman–Crippen LogP) is 2.32.